The quantitative estimate of drug-likeness (QED) is 0.535. The molecule has 20 heavy (non-hydrogen) atoms. The summed E-state index contributed by atoms with van der Waals surface area (Å²) in [6.07, 6.45) is -6.52. The van der Waals surface area contributed by atoms with Gasteiger partial charge in [0.1, 0.15) is 0 Å². The molecule has 7 heteroatoms. The van der Waals surface area contributed by atoms with Crippen LogP contribution in [0.2, 0.25) is 0 Å². The van der Waals surface area contributed by atoms with Crippen LogP contribution in [0.4, 0.5) is 13.2 Å². The standard InChI is InChI=1S/C13H21F3O4/c1-5-19-10(17)12(7-9(3)4,8-13(14,15)16)11(18)20-6-2/h9H,5-8H2,1-4H3. The van der Waals surface area contributed by atoms with Gasteiger partial charge >= 0.3 is 18.1 Å². The van der Waals surface area contributed by atoms with Gasteiger partial charge in [0.2, 0.25) is 0 Å². The summed E-state index contributed by atoms with van der Waals surface area (Å²) >= 11 is 0. The Morgan fingerprint density at radius 1 is 1.00 bits per heavy atom. The maximum absolute atomic E-state index is 12.8. The lowest BCUT2D eigenvalue weighted by Gasteiger charge is -2.31. The first-order valence-corrected chi connectivity index (χ1v) is 6.50. The Hall–Kier alpha value is -1.27. The summed E-state index contributed by atoms with van der Waals surface area (Å²) in [5, 5.41) is 0. The van der Waals surface area contributed by atoms with Crippen LogP contribution in [0.25, 0.3) is 0 Å². The second kappa shape index (κ2) is 7.50. The molecule has 0 N–H and O–H groups in total. The van der Waals surface area contributed by atoms with E-state index in [1.165, 1.54) is 13.8 Å². The third-order valence-electron chi connectivity index (χ3n) is 2.59. The lowest BCUT2D eigenvalue weighted by molar-refractivity contribution is -0.198. The van der Waals surface area contributed by atoms with Crippen molar-refractivity contribution < 1.29 is 32.2 Å². The SMILES string of the molecule is CCOC(=O)C(CC(C)C)(CC(F)(F)F)C(=O)OCC. The number of esters is 2. The summed E-state index contributed by atoms with van der Waals surface area (Å²) in [4.78, 5) is 23.9. The van der Waals surface area contributed by atoms with Crippen molar-refractivity contribution in [2.24, 2.45) is 11.3 Å². The zero-order chi connectivity index (χ0) is 16.0. The van der Waals surface area contributed by atoms with Gasteiger partial charge in [0.05, 0.1) is 19.6 Å². The Morgan fingerprint density at radius 2 is 1.40 bits per heavy atom. The molecule has 0 fully saturated rings. The van der Waals surface area contributed by atoms with E-state index < -0.39 is 30.0 Å². The maximum atomic E-state index is 12.8. The van der Waals surface area contributed by atoms with Gasteiger partial charge in [-0.1, -0.05) is 13.8 Å². The van der Waals surface area contributed by atoms with E-state index in [9.17, 15) is 22.8 Å². The van der Waals surface area contributed by atoms with Crippen molar-refractivity contribution in [3.8, 4) is 0 Å². The highest BCUT2D eigenvalue weighted by Crippen LogP contribution is 2.41. The first-order chi connectivity index (χ1) is 9.09. The fourth-order valence-corrected chi connectivity index (χ4v) is 2.04. The molecule has 0 bridgehead atoms. The summed E-state index contributed by atoms with van der Waals surface area (Å²) < 4.78 is 47.7. The monoisotopic (exact) mass is 298 g/mol. The fraction of sp³-hybridized carbons (Fsp3) is 0.846. The molecule has 0 rings (SSSR count). The molecule has 0 radical (unpaired) electrons. The van der Waals surface area contributed by atoms with Gasteiger partial charge in [-0.05, 0) is 26.2 Å². The molecule has 118 valence electrons. The van der Waals surface area contributed by atoms with Crippen molar-refractivity contribution in [3.63, 3.8) is 0 Å². The van der Waals surface area contributed by atoms with Gasteiger partial charge < -0.3 is 9.47 Å². The Balaban J connectivity index is 5.62. The number of rotatable bonds is 7. The average Bonchev–Trinajstić information content (AvgIpc) is 2.25. The van der Waals surface area contributed by atoms with Crippen molar-refractivity contribution in [1.29, 1.82) is 0 Å². The van der Waals surface area contributed by atoms with Gasteiger partial charge in [0.25, 0.3) is 0 Å². The highest BCUT2D eigenvalue weighted by molar-refractivity contribution is 6.00. The van der Waals surface area contributed by atoms with E-state index in [1.807, 2.05) is 0 Å². The molecular weight excluding hydrogens is 277 g/mol. The highest BCUT2D eigenvalue weighted by Gasteiger charge is 2.55. The molecule has 4 nitrogen and oxygen atoms in total. The first-order valence-electron chi connectivity index (χ1n) is 6.50. The number of ether oxygens (including phenoxy) is 2. The van der Waals surface area contributed by atoms with E-state index in [-0.39, 0.29) is 25.6 Å². The molecular formula is C13H21F3O4. The molecule has 0 heterocycles. The van der Waals surface area contributed by atoms with Crippen LogP contribution in [-0.4, -0.2) is 31.3 Å². The molecule has 0 aliphatic rings. The van der Waals surface area contributed by atoms with Crippen LogP contribution in [0.3, 0.4) is 0 Å². The van der Waals surface area contributed by atoms with Crippen molar-refractivity contribution in [2.45, 2.75) is 46.7 Å². The lowest BCUT2D eigenvalue weighted by Crippen LogP contribution is -2.46. The average molecular weight is 298 g/mol. The molecule has 0 unspecified atom stereocenters. The van der Waals surface area contributed by atoms with E-state index in [4.69, 9.17) is 0 Å². The van der Waals surface area contributed by atoms with Crippen molar-refractivity contribution >= 4 is 11.9 Å². The number of carbonyl (C=O) groups is 2. The minimum absolute atomic E-state index is 0.101. The predicted octanol–water partition coefficient (Wildman–Crippen LogP) is 3.10. The van der Waals surface area contributed by atoms with Gasteiger partial charge in [-0.25, -0.2) is 0 Å². The number of carbonyl (C=O) groups excluding carboxylic acids is 2. The number of hydrogen-bond donors (Lipinski definition) is 0. The molecule has 0 aliphatic heterocycles. The Kier molecular flexibility index (Phi) is 7.02. The van der Waals surface area contributed by atoms with Crippen LogP contribution >= 0.6 is 0 Å². The second-order valence-electron chi connectivity index (χ2n) is 4.91. The first kappa shape index (κ1) is 18.7. The second-order valence-corrected chi connectivity index (χ2v) is 4.91. The minimum atomic E-state index is -4.67. The predicted molar refractivity (Wildman–Crippen MR) is 65.8 cm³/mol. The van der Waals surface area contributed by atoms with E-state index in [1.54, 1.807) is 13.8 Å². The number of halogens is 3. The Bertz CT molecular complexity index is 319. The molecule has 0 aromatic heterocycles. The maximum Gasteiger partial charge on any atom is 0.390 e. The largest absolute Gasteiger partial charge is 0.465 e. The summed E-state index contributed by atoms with van der Waals surface area (Å²) in [6, 6.07) is 0. The summed E-state index contributed by atoms with van der Waals surface area (Å²) in [5.41, 5.74) is -2.32. The van der Waals surface area contributed by atoms with Crippen molar-refractivity contribution in [1.82, 2.24) is 0 Å². The zero-order valence-electron chi connectivity index (χ0n) is 12.2. The van der Waals surface area contributed by atoms with E-state index in [0.29, 0.717) is 0 Å². The molecule has 0 saturated heterocycles. The summed E-state index contributed by atoms with van der Waals surface area (Å²) in [7, 11) is 0. The lowest BCUT2D eigenvalue weighted by atomic mass is 9.77. The van der Waals surface area contributed by atoms with Crippen LogP contribution in [0.1, 0.15) is 40.5 Å². The summed E-state index contributed by atoms with van der Waals surface area (Å²) in [6.45, 7) is 5.99. The third-order valence-corrected chi connectivity index (χ3v) is 2.59. The zero-order valence-corrected chi connectivity index (χ0v) is 12.2. The fourth-order valence-electron chi connectivity index (χ4n) is 2.04. The Morgan fingerprint density at radius 3 is 1.65 bits per heavy atom. The van der Waals surface area contributed by atoms with Crippen LogP contribution in [0.15, 0.2) is 0 Å². The molecule has 0 spiro atoms. The van der Waals surface area contributed by atoms with Gasteiger partial charge in [-0.3, -0.25) is 9.59 Å². The van der Waals surface area contributed by atoms with Crippen molar-refractivity contribution in [2.75, 3.05) is 13.2 Å². The van der Waals surface area contributed by atoms with Crippen LogP contribution in [0.5, 0.6) is 0 Å². The molecule has 0 amide bonds. The molecule has 0 aromatic rings. The van der Waals surface area contributed by atoms with Gasteiger partial charge in [0, 0.05) is 0 Å². The smallest absolute Gasteiger partial charge is 0.390 e. The molecule has 0 aromatic carbocycles. The number of hydrogen-bond acceptors (Lipinski definition) is 4. The van der Waals surface area contributed by atoms with Crippen LogP contribution in [-0.2, 0) is 19.1 Å². The minimum Gasteiger partial charge on any atom is -0.465 e. The topological polar surface area (TPSA) is 52.6 Å². The summed E-state index contributed by atoms with van der Waals surface area (Å²) in [5.74, 6) is -2.65. The van der Waals surface area contributed by atoms with E-state index in [2.05, 4.69) is 9.47 Å². The molecule has 0 atom stereocenters. The molecule has 0 saturated carbocycles. The molecule has 0 aliphatic carbocycles. The van der Waals surface area contributed by atoms with Gasteiger partial charge in [-0.2, -0.15) is 13.2 Å². The van der Waals surface area contributed by atoms with Gasteiger partial charge in [-0.15, -0.1) is 0 Å². The van der Waals surface area contributed by atoms with Gasteiger partial charge in [0.15, 0.2) is 5.41 Å². The van der Waals surface area contributed by atoms with E-state index in [0.717, 1.165) is 0 Å². The third kappa shape index (κ3) is 5.38. The number of alkyl halides is 3. The normalized spacial score (nSPS) is 12.4. The highest BCUT2D eigenvalue weighted by atomic mass is 19.4. The Labute approximate surface area is 116 Å². The van der Waals surface area contributed by atoms with Crippen LogP contribution < -0.4 is 0 Å². The van der Waals surface area contributed by atoms with Crippen molar-refractivity contribution in [3.05, 3.63) is 0 Å². The van der Waals surface area contributed by atoms with E-state index >= 15 is 0 Å². The van der Waals surface area contributed by atoms with Crippen LogP contribution in [0, 0.1) is 11.3 Å².